The zero-order valence-electron chi connectivity index (χ0n) is 13.0. The molecular weight excluding hydrogens is 287 g/mol. The number of rotatable bonds is 7. The van der Waals surface area contributed by atoms with Gasteiger partial charge >= 0.3 is 6.03 Å². The van der Waals surface area contributed by atoms with Gasteiger partial charge in [0.2, 0.25) is 0 Å². The summed E-state index contributed by atoms with van der Waals surface area (Å²) in [5.74, 6) is 0.466. The second-order valence-electron chi connectivity index (χ2n) is 6.33. The van der Waals surface area contributed by atoms with Crippen LogP contribution < -0.4 is 15.4 Å². The summed E-state index contributed by atoms with van der Waals surface area (Å²) in [5, 5.41) is 14.4. The summed E-state index contributed by atoms with van der Waals surface area (Å²) in [6.07, 6.45) is 2.71. The van der Waals surface area contributed by atoms with Gasteiger partial charge in [-0.1, -0.05) is 0 Å². The molecule has 3 N–H and O–H groups in total. The molecule has 1 saturated carbocycles. The molecule has 22 heavy (non-hydrogen) atoms. The van der Waals surface area contributed by atoms with E-state index in [2.05, 4.69) is 10.6 Å². The Morgan fingerprint density at radius 3 is 2.82 bits per heavy atom. The monoisotopic (exact) mass is 310 g/mol. The lowest BCUT2D eigenvalue weighted by molar-refractivity contribution is 0.218. The van der Waals surface area contributed by atoms with Gasteiger partial charge < -0.3 is 20.5 Å². The van der Waals surface area contributed by atoms with Gasteiger partial charge in [0.05, 0.1) is 12.3 Å². The maximum atomic E-state index is 13.4. The van der Waals surface area contributed by atoms with Crippen LogP contribution in [0.15, 0.2) is 18.2 Å². The van der Waals surface area contributed by atoms with Gasteiger partial charge in [-0.25, -0.2) is 9.18 Å². The molecule has 1 fully saturated rings. The molecule has 0 aliphatic heterocycles. The first-order chi connectivity index (χ1) is 10.4. The highest BCUT2D eigenvalue weighted by molar-refractivity contribution is 5.91. The van der Waals surface area contributed by atoms with E-state index in [1.807, 2.05) is 13.8 Å². The van der Waals surface area contributed by atoms with Gasteiger partial charge in [0, 0.05) is 18.2 Å². The van der Waals surface area contributed by atoms with Crippen molar-refractivity contribution in [3.8, 4) is 5.75 Å². The highest BCUT2D eigenvalue weighted by Crippen LogP contribution is 2.32. The lowest BCUT2D eigenvalue weighted by atomic mass is 10.0. The normalized spacial score (nSPS) is 14.5. The number of carbonyl (C=O) groups excluding carboxylic acids is 1. The highest BCUT2D eigenvalue weighted by atomic mass is 19.1. The van der Waals surface area contributed by atoms with Gasteiger partial charge in [0.15, 0.2) is 0 Å². The van der Waals surface area contributed by atoms with Crippen LogP contribution in [0.25, 0.3) is 0 Å². The van der Waals surface area contributed by atoms with Gasteiger partial charge in [0.25, 0.3) is 0 Å². The first-order valence-electron chi connectivity index (χ1n) is 7.52. The maximum absolute atomic E-state index is 13.4. The number of ether oxygens (including phenoxy) is 1. The molecule has 0 spiro atoms. The van der Waals surface area contributed by atoms with Gasteiger partial charge in [-0.2, -0.15) is 0 Å². The Bertz CT molecular complexity index is 530. The van der Waals surface area contributed by atoms with Gasteiger partial charge in [0.1, 0.15) is 11.6 Å². The number of hydrogen-bond donors (Lipinski definition) is 3. The van der Waals surface area contributed by atoms with E-state index in [4.69, 9.17) is 9.84 Å². The third-order valence-corrected chi connectivity index (χ3v) is 3.55. The number of nitrogens with one attached hydrogen (secondary N) is 2. The van der Waals surface area contributed by atoms with Crippen molar-refractivity contribution in [1.29, 1.82) is 0 Å². The third kappa shape index (κ3) is 5.18. The Hall–Kier alpha value is -1.82. The fourth-order valence-corrected chi connectivity index (χ4v) is 2.01. The second kappa shape index (κ2) is 6.96. The lowest BCUT2D eigenvalue weighted by Gasteiger charge is -2.25. The molecule has 0 unspecified atom stereocenters. The van der Waals surface area contributed by atoms with E-state index in [-0.39, 0.29) is 6.61 Å². The number of amides is 2. The van der Waals surface area contributed by atoms with Crippen LogP contribution in [0.4, 0.5) is 14.9 Å². The van der Waals surface area contributed by atoms with E-state index < -0.39 is 17.4 Å². The Balaban J connectivity index is 1.99. The standard InChI is InChI=1S/C16H23FN2O3/c1-16(2,7-8-20)19-15(21)18-13-6-5-12(17)9-14(13)22-10-11-3-4-11/h5-6,9,11,20H,3-4,7-8,10H2,1-2H3,(H2,18,19,21). The van der Waals surface area contributed by atoms with E-state index in [1.165, 1.54) is 18.2 Å². The molecule has 1 aliphatic rings. The number of anilines is 1. The molecular formula is C16H23FN2O3. The third-order valence-electron chi connectivity index (χ3n) is 3.55. The molecule has 1 aromatic rings. The molecule has 2 rings (SSSR count). The molecule has 0 saturated heterocycles. The van der Waals surface area contributed by atoms with Crippen molar-refractivity contribution >= 4 is 11.7 Å². The molecule has 0 aromatic heterocycles. The summed E-state index contributed by atoms with van der Waals surface area (Å²) in [6.45, 7) is 4.16. The predicted molar refractivity (Wildman–Crippen MR) is 82.6 cm³/mol. The van der Waals surface area contributed by atoms with Gasteiger partial charge in [-0.3, -0.25) is 0 Å². The van der Waals surface area contributed by atoms with Crippen molar-refractivity contribution in [2.75, 3.05) is 18.5 Å². The molecule has 2 amide bonds. The van der Waals surface area contributed by atoms with Crippen LogP contribution in [0.1, 0.15) is 33.1 Å². The van der Waals surface area contributed by atoms with Crippen molar-refractivity contribution in [2.24, 2.45) is 5.92 Å². The minimum atomic E-state index is -0.534. The van der Waals surface area contributed by atoms with E-state index in [1.54, 1.807) is 0 Å². The van der Waals surface area contributed by atoms with Crippen LogP contribution in [0, 0.1) is 11.7 Å². The van der Waals surface area contributed by atoms with Crippen LogP contribution in [-0.4, -0.2) is 29.9 Å². The molecule has 1 aliphatic carbocycles. The summed E-state index contributed by atoms with van der Waals surface area (Å²) in [6, 6.07) is 3.62. The second-order valence-corrected chi connectivity index (χ2v) is 6.33. The molecule has 5 nitrogen and oxygen atoms in total. The quantitative estimate of drug-likeness (QED) is 0.725. The van der Waals surface area contributed by atoms with Crippen molar-refractivity contribution in [1.82, 2.24) is 5.32 Å². The fraction of sp³-hybridized carbons (Fsp3) is 0.562. The summed E-state index contributed by atoms with van der Waals surface area (Å²) in [5.41, 5.74) is -0.104. The smallest absolute Gasteiger partial charge is 0.319 e. The summed E-state index contributed by atoms with van der Waals surface area (Å²) < 4.78 is 19.0. The number of carbonyl (C=O) groups is 1. The molecule has 6 heteroatoms. The molecule has 0 heterocycles. The zero-order valence-corrected chi connectivity index (χ0v) is 13.0. The number of aliphatic hydroxyl groups is 1. The van der Waals surface area contributed by atoms with Gasteiger partial charge in [-0.05, 0) is 51.2 Å². The SMILES string of the molecule is CC(C)(CCO)NC(=O)Nc1ccc(F)cc1OCC1CC1. The zero-order chi connectivity index (χ0) is 16.2. The van der Waals surface area contributed by atoms with Crippen molar-refractivity contribution in [2.45, 2.75) is 38.6 Å². The minimum absolute atomic E-state index is 0.0143. The van der Waals surface area contributed by atoms with Crippen LogP contribution in [0.3, 0.4) is 0 Å². The van der Waals surface area contributed by atoms with Crippen LogP contribution in [0.2, 0.25) is 0 Å². The molecule has 0 radical (unpaired) electrons. The molecule has 0 bridgehead atoms. The number of halogens is 1. The number of urea groups is 1. The van der Waals surface area contributed by atoms with Crippen LogP contribution >= 0.6 is 0 Å². The fourth-order valence-electron chi connectivity index (χ4n) is 2.01. The van der Waals surface area contributed by atoms with Crippen LogP contribution in [0.5, 0.6) is 5.75 Å². The van der Waals surface area contributed by atoms with E-state index in [0.717, 1.165) is 12.8 Å². The number of aliphatic hydroxyl groups excluding tert-OH is 1. The van der Waals surface area contributed by atoms with Crippen molar-refractivity contribution < 1.29 is 19.0 Å². The van der Waals surface area contributed by atoms with Crippen LogP contribution in [-0.2, 0) is 0 Å². The average molecular weight is 310 g/mol. The lowest BCUT2D eigenvalue weighted by Crippen LogP contribution is -2.46. The van der Waals surface area contributed by atoms with E-state index in [9.17, 15) is 9.18 Å². The maximum Gasteiger partial charge on any atom is 0.319 e. The predicted octanol–water partition coefficient (Wildman–Crippen LogP) is 2.90. The summed E-state index contributed by atoms with van der Waals surface area (Å²) in [7, 11) is 0. The summed E-state index contributed by atoms with van der Waals surface area (Å²) in [4.78, 5) is 12.0. The number of benzene rings is 1. The first-order valence-corrected chi connectivity index (χ1v) is 7.52. The molecule has 122 valence electrons. The van der Waals surface area contributed by atoms with Crippen molar-refractivity contribution in [3.05, 3.63) is 24.0 Å². The Morgan fingerprint density at radius 2 is 2.18 bits per heavy atom. The highest BCUT2D eigenvalue weighted by Gasteiger charge is 2.23. The largest absolute Gasteiger partial charge is 0.491 e. The van der Waals surface area contributed by atoms with Crippen molar-refractivity contribution in [3.63, 3.8) is 0 Å². The van der Waals surface area contributed by atoms with E-state index >= 15 is 0 Å². The first kappa shape index (κ1) is 16.5. The molecule has 0 atom stereocenters. The minimum Gasteiger partial charge on any atom is -0.491 e. The number of hydrogen-bond acceptors (Lipinski definition) is 3. The Kier molecular flexibility index (Phi) is 5.24. The Labute approximate surface area is 129 Å². The summed E-state index contributed by atoms with van der Waals surface area (Å²) >= 11 is 0. The van der Waals surface area contributed by atoms with E-state index in [0.29, 0.717) is 30.4 Å². The average Bonchev–Trinajstić information content (AvgIpc) is 3.22. The van der Waals surface area contributed by atoms with Gasteiger partial charge in [-0.15, -0.1) is 0 Å². The molecule has 1 aromatic carbocycles. The Morgan fingerprint density at radius 1 is 1.45 bits per heavy atom. The topological polar surface area (TPSA) is 70.6 Å².